The van der Waals surface area contributed by atoms with Gasteiger partial charge in [-0.1, -0.05) is 72.0 Å². The van der Waals surface area contributed by atoms with Crippen molar-refractivity contribution in [2.24, 2.45) is 15.3 Å². The van der Waals surface area contributed by atoms with Crippen LogP contribution in [0.25, 0.3) is 10.2 Å². The first-order valence-electron chi connectivity index (χ1n) is 8.52. The highest BCUT2D eigenvalue weighted by molar-refractivity contribution is 7.21. The van der Waals surface area contributed by atoms with Crippen LogP contribution in [0.15, 0.2) is 94.2 Å². The van der Waals surface area contributed by atoms with Crippen molar-refractivity contribution in [3.05, 3.63) is 90.0 Å². The Labute approximate surface area is 161 Å². The van der Waals surface area contributed by atoms with Gasteiger partial charge in [0.1, 0.15) is 0 Å². The average Bonchev–Trinajstić information content (AvgIpc) is 3.13. The van der Waals surface area contributed by atoms with Crippen LogP contribution in [0, 0.1) is 6.92 Å². The lowest BCUT2D eigenvalue weighted by Gasteiger charge is -2.05. The summed E-state index contributed by atoms with van der Waals surface area (Å²) in [6, 6.07) is 25.7. The second kappa shape index (κ2) is 7.88. The third-order valence-corrected chi connectivity index (χ3v) is 4.89. The van der Waals surface area contributed by atoms with Crippen LogP contribution >= 0.6 is 11.3 Å². The largest absolute Gasteiger partial charge is 0.276 e. The molecule has 0 spiro atoms. The summed E-state index contributed by atoms with van der Waals surface area (Å²) >= 11 is 1.50. The zero-order valence-corrected chi connectivity index (χ0v) is 15.5. The Morgan fingerprint density at radius 1 is 0.889 bits per heavy atom. The summed E-state index contributed by atoms with van der Waals surface area (Å²) in [5.41, 5.74) is 6.93. The van der Waals surface area contributed by atoms with Gasteiger partial charge in [0, 0.05) is 5.56 Å². The van der Waals surface area contributed by atoms with E-state index >= 15 is 0 Å². The summed E-state index contributed by atoms with van der Waals surface area (Å²) in [4.78, 5) is 4.49. The Balaban J connectivity index is 1.65. The molecule has 0 atom stereocenters. The Morgan fingerprint density at radius 2 is 1.63 bits per heavy atom. The highest BCUT2D eigenvalue weighted by Crippen LogP contribution is 2.28. The zero-order valence-electron chi connectivity index (χ0n) is 14.7. The first-order valence-corrected chi connectivity index (χ1v) is 9.33. The van der Waals surface area contributed by atoms with Crippen molar-refractivity contribution >= 4 is 38.2 Å². The third-order valence-electron chi connectivity index (χ3n) is 3.97. The van der Waals surface area contributed by atoms with E-state index in [9.17, 15) is 0 Å². The molecule has 132 valence electrons. The van der Waals surface area contributed by atoms with Crippen molar-refractivity contribution in [3.8, 4) is 0 Å². The number of rotatable bonds is 4. The van der Waals surface area contributed by atoms with Crippen molar-refractivity contribution in [2.75, 3.05) is 5.43 Å². The van der Waals surface area contributed by atoms with Gasteiger partial charge in [-0.15, -0.1) is 10.2 Å². The Bertz CT molecular complexity index is 1080. The van der Waals surface area contributed by atoms with Crippen LogP contribution in [-0.4, -0.2) is 10.8 Å². The molecule has 4 rings (SSSR count). The molecule has 3 aromatic carbocycles. The highest BCUT2D eigenvalue weighted by atomic mass is 32.1. The summed E-state index contributed by atoms with van der Waals surface area (Å²) in [5, 5.41) is 13.8. The lowest BCUT2D eigenvalue weighted by Crippen LogP contribution is -2.01. The normalized spacial score (nSPS) is 12.0. The van der Waals surface area contributed by atoms with E-state index in [0.717, 1.165) is 27.0 Å². The smallest absolute Gasteiger partial charge is 0.231 e. The Morgan fingerprint density at radius 3 is 2.44 bits per heavy atom. The minimum absolute atomic E-state index is 0.498. The van der Waals surface area contributed by atoms with E-state index in [0.29, 0.717) is 11.0 Å². The van der Waals surface area contributed by atoms with Crippen molar-refractivity contribution in [1.82, 2.24) is 4.98 Å². The van der Waals surface area contributed by atoms with Crippen LogP contribution in [0.5, 0.6) is 0 Å². The van der Waals surface area contributed by atoms with Crippen LogP contribution in [0.2, 0.25) is 0 Å². The van der Waals surface area contributed by atoms with E-state index in [2.05, 4.69) is 25.7 Å². The maximum Gasteiger partial charge on any atom is 0.231 e. The van der Waals surface area contributed by atoms with Crippen molar-refractivity contribution in [3.63, 3.8) is 0 Å². The molecule has 0 aliphatic rings. The number of aryl methyl sites for hydroxylation is 1. The van der Waals surface area contributed by atoms with Crippen LogP contribution in [-0.2, 0) is 0 Å². The van der Waals surface area contributed by atoms with Crippen molar-refractivity contribution in [1.29, 1.82) is 0 Å². The lowest BCUT2D eigenvalue weighted by atomic mass is 10.2. The number of nitrogens with zero attached hydrogens (tertiary/aromatic N) is 4. The number of azo groups is 1. The molecule has 5 nitrogen and oxygen atoms in total. The standard InChI is InChI=1S/C21H17N5S/c1-15-9-5-6-12-17(15)23-24-20(16-10-3-2-4-11-16)25-26-21-22-18-13-7-8-14-19(18)27-21/h2-14,23H,1H3. The number of hydrogen-bond donors (Lipinski definition) is 1. The van der Waals surface area contributed by atoms with Crippen LogP contribution in [0.1, 0.15) is 11.1 Å². The van der Waals surface area contributed by atoms with E-state index in [-0.39, 0.29) is 0 Å². The predicted molar refractivity (Wildman–Crippen MR) is 112 cm³/mol. The topological polar surface area (TPSA) is 62.0 Å². The highest BCUT2D eigenvalue weighted by Gasteiger charge is 2.05. The molecule has 6 heteroatoms. The summed E-state index contributed by atoms with van der Waals surface area (Å²) < 4.78 is 1.09. The van der Waals surface area contributed by atoms with Gasteiger partial charge in [0.05, 0.1) is 15.9 Å². The molecule has 0 radical (unpaired) electrons. The van der Waals surface area contributed by atoms with Gasteiger partial charge in [0.15, 0.2) is 0 Å². The maximum absolute atomic E-state index is 4.49. The van der Waals surface area contributed by atoms with Gasteiger partial charge >= 0.3 is 0 Å². The molecular weight excluding hydrogens is 354 g/mol. The molecular formula is C21H17N5S. The van der Waals surface area contributed by atoms with Crippen LogP contribution in [0.3, 0.4) is 0 Å². The first-order chi connectivity index (χ1) is 13.3. The fraction of sp³-hybridized carbons (Fsp3) is 0.0476. The second-order valence-corrected chi connectivity index (χ2v) is 6.90. The Kier molecular flexibility index (Phi) is 4.98. The number of hydrogen-bond acceptors (Lipinski definition) is 5. The van der Waals surface area contributed by atoms with E-state index < -0.39 is 0 Å². The molecule has 0 amide bonds. The van der Waals surface area contributed by atoms with Gasteiger partial charge in [-0.25, -0.2) is 4.98 Å². The molecule has 0 bridgehead atoms. The molecule has 4 aromatic rings. The van der Waals surface area contributed by atoms with Gasteiger partial charge in [0.2, 0.25) is 11.0 Å². The average molecular weight is 371 g/mol. The number of hydrazone groups is 1. The van der Waals surface area contributed by atoms with E-state index in [1.165, 1.54) is 11.3 Å². The number of thiazole rings is 1. The van der Waals surface area contributed by atoms with Gasteiger partial charge in [-0.05, 0) is 30.7 Å². The van der Waals surface area contributed by atoms with Crippen LogP contribution < -0.4 is 5.43 Å². The number of fused-ring (bicyclic) bond motifs is 1. The van der Waals surface area contributed by atoms with Gasteiger partial charge < -0.3 is 0 Å². The lowest BCUT2D eigenvalue weighted by molar-refractivity contribution is 1.20. The quantitative estimate of drug-likeness (QED) is 0.202. The molecule has 0 aliphatic heterocycles. The molecule has 1 aromatic heterocycles. The molecule has 0 fully saturated rings. The second-order valence-electron chi connectivity index (χ2n) is 5.89. The molecule has 0 saturated heterocycles. The zero-order chi connectivity index (χ0) is 18.5. The van der Waals surface area contributed by atoms with Gasteiger partial charge in [-0.2, -0.15) is 5.10 Å². The molecule has 0 aliphatic carbocycles. The fourth-order valence-corrected chi connectivity index (χ4v) is 3.32. The minimum atomic E-state index is 0.498. The van der Waals surface area contributed by atoms with Gasteiger partial charge in [0.25, 0.3) is 0 Å². The molecule has 27 heavy (non-hydrogen) atoms. The number of benzene rings is 3. The van der Waals surface area contributed by atoms with Crippen molar-refractivity contribution in [2.45, 2.75) is 6.92 Å². The summed E-state index contributed by atoms with van der Waals surface area (Å²) in [5.74, 6) is 0.498. The van der Waals surface area contributed by atoms with E-state index in [4.69, 9.17) is 0 Å². The Hall–Kier alpha value is -3.38. The SMILES string of the molecule is Cc1ccccc1NN=C(N=Nc1nc2ccccc2s1)c1ccccc1. The minimum Gasteiger partial charge on any atom is -0.276 e. The van der Waals surface area contributed by atoms with Crippen LogP contribution in [0.4, 0.5) is 10.8 Å². The summed E-state index contributed by atoms with van der Waals surface area (Å²) in [7, 11) is 0. The summed E-state index contributed by atoms with van der Waals surface area (Å²) in [6.07, 6.45) is 0. The molecule has 1 N–H and O–H groups in total. The fourth-order valence-electron chi connectivity index (χ4n) is 2.54. The van der Waals surface area contributed by atoms with Gasteiger partial charge in [-0.3, -0.25) is 5.43 Å². The summed E-state index contributed by atoms with van der Waals surface area (Å²) in [6.45, 7) is 2.03. The van der Waals surface area contributed by atoms with E-state index in [1.807, 2.05) is 85.8 Å². The number of para-hydroxylation sites is 2. The third kappa shape index (κ3) is 4.07. The number of nitrogens with one attached hydrogen (secondary N) is 1. The molecule has 0 saturated carbocycles. The maximum atomic E-state index is 4.49. The van der Waals surface area contributed by atoms with E-state index in [1.54, 1.807) is 0 Å². The van der Waals surface area contributed by atoms with Crippen molar-refractivity contribution < 1.29 is 0 Å². The molecule has 0 unspecified atom stereocenters. The monoisotopic (exact) mass is 371 g/mol. The number of amidine groups is 1. The number of anilines is 1. The predicted octanol–water partition coefficient (Wildman–Crippen LogP) is 6.16. The molecule has 1 heterocycles. The first kappa shape index (κ1) is 17.1. The number of aromatic nitrogens is 1.